The van der Waals surface area contributed by atoms with Crippen molar-refractivity contribution in [1.29, 1.82) is 0 Å². The highest BCUT2D eigenvalue weighted by atomic mass is 35.5. The Balaban J connectivity index is 0.000000200. The maximum atomic E-state index is 13.6. The topological polar surface area (TPSA) is 273 Å². The van der Waals surface area contributed by atoms with E-state index in [1.165, 1.54) is 36.2 Å². The average molecular weight is 1220 g/mol. The van der Waals surface area contributed by atoms with Crippen LogP contribution in [0.25, 0.3) is 11.4 Å². The van der Waals surface area contributed by atoms with Gasteiger partial charge in [0.15, 0.2) is 0 Å². The van der Waals surface area contributed by atoms with Crippen molar-refractivity contribution >= 4 is 72.3 Å². The van der Waals surface area contributed by atoms with Crippen LogP contribution in [0, 0.1) is 38.0 Å². The van der Waals surface area contributed by atoms with Crippen molar-refractivity contribution in [3.05, 3.63) is 171 Å². The molecule has 4 aromatic carbocycles. The number of hydrogen-bond acceptors (Lipinski definition) is 17. The molecule has 4 aliphatic rings. The van der Waals surface area contributed by atoms with Crippen LogP contribution < -0.4 is 30.4 Å². The Morgan fingerprint density at radius 2 is 1.04 bits per heavy atom. The molecule has 2 aromatic heterocycles. The smallest absolute Gasteiger partial charge is 0.316 e. The number of benzene rings is 4. The number of nitro groups is 2. The first kappa shape index (κ1) is 60.3. The first-order chi connectivity index (χ1) is 39.4. The molecule has 2 saturated heterocycles. The Morgan fingerprint density at radius 3 is 1.43 bits per heavy atom. The summed E-state index contributed by atoms with van der Waals surface area (Å²) in [6.07, 6.45) is 8.23. The van der Waals surface area contributed by atoms with Crippen molar-refractivity contribution in [2.24, 2.45) is 10.8 Å². The van der Waals surface area contributed by atoms with E-state index in [1.807, 2.05) is 9.80 Å². The lowest BCUT2D eigenvalue weighted by Gasteiger charge is -2.35. The van der Waals surface area contributed by atoms with Gasteiger partial charge in [-0.25, -0.2) is 16.8 Å². The summed E-state index contributed by atoms with van der Waals surface area (Å²) in [5.41, 5.74) is 2.41. The number of carbonyl (C=O) groups excluding carboxylic acids is 1. The molecular formula is C56H62Cl2N10O13S2. The maximum Gasteiger partial charge on any atom is 0.316 e. The lowest BCUT2D eigenvalue weighted by molar-refractivity contribution is -0.385. The third-order valence-electron chi connectivity index (χ3n) is 15.3. The summed E-state index contributed by atoms with van der Waals surface area (Å²) in [7, 11) is -7.52. The highest BCUT2D eigenvalue weighted by Crippen LogP contribution is 2.46. The molecule has 83 heavy (non-hydrogen) atoms. The minimum Gasteiger partial charge on any atom is -0.486 e. The molecule has 0 N–H and O–H groups in total. The first-order valence-electron chi connectivity index (χ1n) is 26.9. The molecule has 6 aromatic rings. The minimum absolute atomic E-state index is 0.0163. The monoisotopic (exact) mass is 1220 g/mol. The molecule has 23 nitrogen and oxygen atoms in total. The number of sulfonamides is 2. The van der Waals surface area contributed by atoms with Gasteiger partial charge in [-0.2, -0.15) is 28.2 Å². The van der Waals surface area contributed by atoms with Crippen LogP contribution in [0.2, 0.25) is 10.0 Å². The molecule has 0 spiro atoms. The van der Waals surface area contributed by atoms with Gasteiger partial charge in [0.05, 0.1) is 58.3 Å². The molecule has 4 fully saturated rings. The minimum atomic E-state index is -3.80. The summed E-state index contributed by atoms with van der Waals surface area (Å²) in [5.74, 6) is -0.405. The van der Waals surface area contributed by atoms with Crippen molar-refractivity contribution in [1.82, 2.24) is 28.2 Å². The number of carbonyl (C=O) groups is 1. The Kier molecular flexibility index (Phi) is 18.1. The highest BCUT2D eigenvalue weighted by molar-refractivity contribution is 7.88. The number of aryl methyl sites for hydroxylation is 2. The fourth-order valence-corrected chi connectivity index (χ4v) is 13.0. The summed E-state index contributed by atoms with van der Waals surface area (Å²) >= 11 is 12.3. The van der Waals surface area contributed by atoms with Crippen molar-refractivity contribution in [2.45, 2.75) is 70.8 Å². The van der Waals surface area contributed by atoms with E-state index in [0.717, 1.165) is 25.7 Å². The van der Waals surface area contributed by atoms with Gasteiger partial charge in [0.25, 0.3) is 11.4 Å². The number of piperazine rings is 2. The van der Waals surface area contributed by atoms with Crippen molar-refractivity contribution in [3.8, 4) is 22.9 Å². The standard InChI is InChI=1S/C29H32ClN5O7S.C27H30ClN5O6S/c1-29(9-10-29)20-42-27-26(18-31-34(28(27)37)24-6-2-5-23(30)17-24)32-11-13-33(14-12-32)43(40,41)19-21-7-8-22(4-3-15-36)25(16-21)35(38)39;1-19-6-7-20(14-23(19)33(35)36)17-40(37,38)31-12-10-30(11-13-31)24-16-29-32(22-5-3-4-21(28)15-22)26(34)25(24)39-18-27(2)8-9-27/h2,5-8,15-18H,3-4,9-14,19-20H2,1H3;3-7,14-16H,8-13,17-18H2,1-2H3. The zero-order valence-corrected chi connectivity index (χ0v) is 49.0. The van der Waals surface area contributed by atoms with Crippen molar-refractivity contribution in [3.63, 3.8) is 0 Å². The highest BCUT2D eigenvalue weighted by Gasteiger charge is 2.40. The van der Waals surface area contributed by atoms with Crippen LogP contribution in [-0.4, -0.2) is 127 Å². The van der Waals surface area contributed by atoms with E-state index in [0.29, 0.717) is 101 Å². The first-order valence-corrected chi connectivity index (χ1v) is 30.8. The average Bonchev–Trinajstić information content (AvgIpc) is 4.51. The van der Waals surface area contributed by atoms with Crippen LogP contribution in [0.15, 0.2) is 107 Å². The Labute approximate surface area is 489 Å². The Bertz CT molecular complexity index is 3800. The number of nitro benzene ring substituents is 2. The van der Waals surface area contributed by atoms with Gasteiger partial charge < -0.3 is 24.1 Å². The molecule has 2 aliphatic carbocycles. The molecule has 2 saturated carbocycles. The molecule has 0 radical (unpaired) electrons. The van der Waals surface area contributed by atoms with Gasteiger partial charge >= 0.3 is 11.1 Å². The van der Waals surface area contributed by atoms with E-state index in [1.54, 1.807) is 86.0 Å². The van der Waals surface area contributed by atoms with Crippen LogP contribution in [0.5, 0.6) is 11.5 Å². The number of aromatic nitrogens is 4. The predicted octanol–water partition coefficient (Wildman–Crippen LogP) is 7.69. The van der Waals surface area contributed by atoms with Crippen LogP contribution in [0.1, 0.15) is 68.2 Å². The zero-order valence-electron chi connectivity index (χ0n) is 45.9. The SMILES string of the molecule is CC1(COc2c(N3CCN(S(=O)(=O)Cc4ccc(CCC=O)c([N+](=O)[O-])c4)CC3)cnn(-c3cccc(Cl)c3)c2=O)CC1.Cc1ccc(CS(=O)(=O)N2CCN(c3cnn(-c4cccc(Cl)c4)c(=O)c3OCC3(C)CC3)CC2)cc1[N+](=O)[O-]. The quantitative estimate of drug-likeness (QED) is 0.0379. The number of rotatable bonds is 21. The third-order valence-corrected chi connectivity index (χ3v) is 19.4. The molecule has 2 aliphatic heterocycles. The van der Waals surface area contributed by atoms with E-state index < -0.39 is 46.8 Å². The Morgan fingerprint density at radius 1 is 0.614 bits per heavy atom. The van der Waals surface area contributed by atoms with Gasteiger partial charge in [0, 0.05) is 103 Å². The third kappa shape index (κ3) is 14.6. The van der Waals surface area contributed by atoms with Crippen LogP contribution in [-0.2, 0) is 42.8 Å². The second-order valence-corrected chi connectivity index (χ2v) is 26.7. The second kappa shape index (κ2) is 24.9. The number of anilines is 2. The van der Waals surface area contributed by atoms with Crippen LogP contribution in [0.4, 0.5) is 22.7 Å². The molecule has 4 heterocycles. The number of halogens is 2. The maximum absolute atomic E-state index is 13.6. The predicted molar refractivity (Wildman–Crippen MR) is 313 cm³/mol. The second-order valence-electron chi connectivity index (χ2n) is 21.9. The van der Waals surface area contributed by atoms with Crippen LogP contribution >= 0.6 is 23.2 Å². The number of nitrogens with zero attached hydrogens (tertiary/aromatic N) is 10. The normalized spacial score (nSPS) is 16.8. The van der Waals surface area contributed by atoms with Crippen molar-refractivity contribution < 1.29 is 41.0 Å². The molecule has 10 rings (SSSR count). The van der Waals surface area contributed by atoms with E-state index in [-0.39, 0.29) is 78.5 Å². The molecule has 0 atom stereocenters. The van der Waals surface area contributed by atoms with Crippen molar-refractivity contribution in [2.75, 3.05) is 75.4 Å². The molecule has 27 heteroatoms. The zero-order chi connectivity index (χ0) is 59.4. The van der Waals surface area contributed by atoms with Crippen LogP contribution in [0.3, 0.4) is 0 Å². The molecular weight excluding hydrogens is 1160 g/mol. The van der Waals surface area contributed by atoms with E-state index >= 15 is 0 Å². The fraction of sp³-hybridized carbons (Fsp3) is 0.411. The molecule has 0 amide bonds. The Hall–Kier alpha value is -7.29. The van der Waals surface area contributed by atoms with Gasteiger partial charge in [0.2, 0.25) is 31.5 Å². The molecule has 0 bridgehead atoms. The summed E-state index contributed by atoms with van der Waals surface area (Å²) < 4.78 is 70.4. The van der Waals surface area contributed by atoms with E-state index in [2.05, 4.69) is 24.0 Å². The number of hydrogen-bond donors (Lipinski definition) is 0. The lowest BCUT2D eigenvalue weighted by atomic mass is 10.1. The number of aldehydes is 1. The molecule has 0 unspecified atom stereocenters. The lowest BCUT2D eigenvalue weighted by Crippen LogP contribution is -2.49. The summed E-state index contributed by atoms with van der Waals surface area (Å²) in [6.45, 7) is 8.49. The summed E-state index contributed by atoms with van der Waals surface area (Å²) in [4.78, 5) is 63.4. The number of ether oxygens (including phenoxy) is 2. The van der Waals surface area contributed by atoms with Gasteiger partial charge in [-0.3, -0.25) is 29.8 Å². The van der Waals surface area contributed by atoms with E-state index in [9.17, 15) is 51.4 Å². The van der Waals surface area contributed by atoms with Gasteiger partial charge in [-0.05, 0) is 86.6 Å². The summed E-state index contributed by atoms with van der Waals surface area (Å²) in [5, 5.41) is 32.5. The van der Waals surface area contributed by atoms with Gasteiger partial charge in [-0.1, -0.05) is 73.4 Å². The molecule has 440 valence electrons. The van der Waals surface area contributed by atoms with Gasteiger partial charge in [-0.15, -0.1) is 0 Å². The van der Waals surface area contributed by atoms with E-state index in [4.69, 9.17) is 32.7 Å². The largest absolute Gasteiger partial charge is 0.486 e. The fourth-order valence-electron chi connectivity index (χ4n) is 9.63. The van der Waals surface area contributed by atoms with Gasteiger partial charge in [0.1, 0.15) is 17.7 Å². The summed E-state index contributed by atoms with van der Waals surface area (Å²) in [6, 6.07) is 22.4.